The predicted octanol–water partition coefficient (Wildman–Crippen LogP) is 22.4. The first-order valence-electron chi connectivity index (χ1n) is 39.2. The highest BCUT2D eigenvalue weighted by molar-refractivity contribution is 7.47. The van der Waals surface area contributed by atoms with E-state index in [1.54, 1.807) is 0 Å². The van der Waals surface area contributed by atoms with Gasteiger partial charge >= 0.3 is 39.5 Å². The third-order valence-corrected chi connectivity index (χ3v) is 18.6. The lowest BCUT2D eigenvalue weighted by Gasteiger charge is -2.21. The van der Waals surface area contributed by atoms with E-state index in [1.165, 1.54) is 96.3 Å². The van der Waals surface area contributed by atoms with E-state index in [-0.39, 0.29) is 25.7 Å². The molecule has 0 aliphatic heterocycles. The summed E-state index contributed by atoms with van der Waals surface area (Å²) in [6.07, 6.45) is 71.7. The van der Waals surface area contributed by atoms with Gasteiger partial charge in [-0.2, -0.15) is 0 Å². The summed E-state index contributed by atoms with van der Waals surface area (Å²) in [5, 5.41) is 10.6. The van der Waals surface area contributed by atoms with Crippen molar-refractivity contribution in [2.45, 2.75) is 367 Å². The Bertz CT molecular complexity index is 2140. The molecule has 0 fully saturated rings. The number of allylic oxidation sites excluding steroid dienone is 12. The van der Waals surface area contributed by atoms with E-state index in [1.807, 2.05) is 0 Å². The third-order valence-electron chi connectivity index (χ3n) is 16.7. The lowest BCUT2D eigenvalue weighted by atomic mass is 10.1. The first-order chi connectivity index (χ1) is 47.7. The summed E-state index contributed by atoms with van der Waals surface area (Å²) in [4.78, 5) is 72.9. The summed E-state index contributed by atoms with van der Waals surface area (Å²) in [5.41, 5.74) is 0. The van der Waals surface area contributed by atoms with Gasteiger partial charge in [0.25, 0.3) is 0 Å². The molecule has 0 aliphatic carbocycles. The average Bonchev–Trinajstić information content (AvgIpc) is 0.986. The van der Waals surface area contributed by atoms with E-state index in [9.17, 15) is 43.2 Å². The number of ether oxygens (including phenoxy) is 4. The van der Waals surface area contributed by atoms with Gasteiger partial charge in [-0.1, -0.05) is 280 Å². The van der Waals surface area contributed by atoms with Gasteiger partial charge in [0.05, 0.1) is 26.4 Å². The molecule has 0 aromatic carbocycles. The van der Waals surface area contributed by atoms with Crippen LogP contribution in [0.4, 0.5) is 0 Å². The van der Waals surface area contributed by atoms with Crippen LogP contribution in [0.2, 0.25) is 0 Å². The highest BCUT2D eigenvalue weighted by Crippen LogP contribution is 2.45. The zero-order chi connectivity index (χ0) is 71.8. The molecule has 0 bridgehead atoms. The average molecular weight is 1430 g/mol. The van der Waals surface area contributed by atoms with Crippen molar-refractivity contribution in [1.82, 2.24) is 0 Å². The van der Waals surface area contributed by atoms with Gasteiger partial charge in [-0.25, -0.2) is 9.13 Å². The maximum Gasteiger partial charge on any atom is 0.472 e. The van der Waals surface area contributed by atoms with Gasteiger partial charge in [0.2, 0.25) is 0 Å². The fourth-order valence-corrected chi connectivity index (χ4v) is 12.3. The molecule has 0 radical (unpaired) electrons. The van der Waals surface area contributed by atoms with E-state index in [4.69, 9.17) is 37.0 Å². The number of hydrogen-bond donors (Lipinski definition) is 3. The number of aliphatic hydroxyl groups is 1. The Morgan fingerprint density at radius 2 is 0.531 bits per heavy atom. The molecular formula is C79H142O17P2. The second kappa shape index (κ2) is 71.9. The monoisotopic (exact) mass is 1420 g/mol. The largest absolute Gasteiger partial charge is 0.472 e. The Morgan fingerprint density at radius 3 is 0.847 bits per heavy atom. The van der Waals surface area contributed by atoms with Crippen LogP contribution in [0.3, 0.4) is 0 Å². The third kappa shape index (κ3) is 70.9. The van der Waals surface area contributed by atoms with Crippen LogP contribution < -0.4 is 0 Å². The number of esters is 4. The standard InChI is InChI=1S/C79H142O17P2/c1-5-9-13-17-21-25-29-32-35-36-39-41-45-48-52-56-60-64-77(82)90-70-75(96-79(84)66-62-58-54-50-46-42-38-34-31-27-23-19-15-11-7-3)72-94-98(87,88)92-68-73(80)67-91-97(85,86)93-71-74(95-78(83)65-61-57-53-49-43-28-24-20-16-12-8-4)69-89-76(81)63-59-55-51-47-44-40-37-33-30-26-22-18-14-10-6-2/h9,13,21,23,25,27,32-35,37-38,73-75,80H,5-8,10-12,14-20,22,24,26,28-31,36,39-72H2,1-4H3,(H,85,86)(H,87,88)/b13-9-,25-21-,27-23-,35-32-,37-33-,38-34-. The van der Waals surface area contributed by atoms with E-state index < -0.39 is 97.5 Å². The van der Waals surface area contributed by atoms with Crippen LogP contribution in [-0.2, 0) is 65.4 Å². The molecule has 5 unspecified atom stereocenters. The molecule has 0 saturated heterocycles. The Hall–Kier alpha value is -3.50. The van der Waals surface area contributed by atoms with E-state index in [0.29, 0.717) is 25.7 Å². The van der Waals surface area contributed by atoms with Gasteiger partial charge in [0.15, 0.2) is 12.2 Å². The van der Waals surface area contributed by atoms with Crippen molar-refractivity contribution in [2.75, 3.05) is 39.6 Å². The number of phosphoric acid groups is 2. The quantitative estimate of drug-likeness (QED) is 0.0169. The lowest BCUT2D eigenvalue weighted by Crippen LogP contribution is -2.30. The van der Waals surface area contributed by atoms with Crippen molar-refractivity contribution in [3.05, 3.63) is 72.9 Å². The first-order valence-corrected chi connectivity index (χ1v) is 42.2. The molecule has 0 rings (SSSR count). The molecular weight excluding hydrogens is 1280 g/mol. The summed E-state index contributed by atoms with van der Waals surface area (Å²) in [5.74, 6) is -2.18. The number of phosphoric ester groups is 2. The van der Waals surface area contributed by atoms with E-state index >= 15 is 0 Å². The number of unbranched alkanes of at least 4 members (excludes halogenated alkanes) is 36. The molecule has 0 spiro atoms. The topological polar surface area (TPSA) is 237 Å². The molecule has 0 aromatic rings. The van der Waals surface area contributed by atoms with Gasteiger partial charge in [-0.15, -0.1) is 0 Å². The normalized spacial score (nSPS) is 14.3. The second-order valence-corrected chi connectivity index (χ2v) is 29.2. The summed E-state index contributed by atoms with van der Waals surface area (Å²) >= 11 is 0. The SMILES string of the molecule is CC/C=C\C/C=C\C/C=C\CCCCCCCCCC(=O)OCC(COP(=O)(O)OCC(O)COP(=O)(O)OCC(COC(=O)CCCCCCC/C=C\CCCCCCCC)OC(=O)CCCCCCCCCCCCC)OC(=O)CCCCCCC/C=C\C/C=C\CCCCC. The van der Waals surface area contributed by atoms with Crippen molar-refractivity contribution in [2.24, 2.45) is 0 Å². The summed E-state index contributed by atoms with van der Waals surface area (Å²) in [7, 11) is -9.94. The Balaban J connectivity index is 5.32. The molecule has 17 nitrogen and oxygen atoms in total. The summed E-state index contributed by atoms with van der Waals surface area (Å²) in [6, 6.07) is 0. The Labute approximate surface area is 596 Å². The maximum atomic E-state index is 13.1. The number of carbonyl (C=O) groups excluding carboxylic acids is 4. The van der Waals surface area contributed by atoms with E-state index in [0.717, 1.165) is 173 Å². The molecule has 98 heavy (non-hydrogen) atoms. The highest BCUT2D eigenvalue weighted by atomic mass is 31.2. The Kier molecular flexibility index (Phi) is 69.3. The zero-order valence-electron chi connectivity index (χ0n) is 62.2. The maximum absolute atomic E-state index is 13.1. The minimum atomic E-state index is -4.98. The predicted molar refractivity (Wildman–Crippen MR) is 400 cm³/mol. The zero-order valence-corrected chi connectivity index (χ0v) is 64.0. The number of rotatable bonds is 74. The molecule has 0 aliphatic rings. The van der Waals surface area contributed by atoms with Gasteiger partial charge in [-0.05, 0) is 116 Å². The molecule has 0 heterocycles. The molecule has 570 valence electrons. The smallest absolute Gasteiger partial charge is 0.462 e. The van der Waals surface area contributed by atoms with Crippen molar-refractivity contribution < 1.29 is 80.2 Å². The fraction of sp³-hybridized carbons (Fsp3) is 0.797. The van der Waals surface area contributed by atoms with Gasteiger partial charge in [0.1, 0.15) is 19.3 Å². The number of hydrogen-bond acceptors (Lipinski definition) is 15. The summed E-state index contributed by atoms with van der Waals surface area (Å²) < 4.78 is 68.5. The van der Waals surface area contributed by atoms with Crippen LogP contribution in [-0.4, -0.2) is 96.7 Å². The number of aliphatic hydroxyl groups excluding tert-OH is 1. The van der Waals surface area contributed by atoms with Crippen molar-refractivity contribution in [3.8, 4) is 0 Å². The lowest BCUT2D eigenvalue weighted by molar-refractivity contribution is -0.161. The van der Waals surface area contributed by atoms with Crippen LogP contribution in [0, 0.1) is 0 Å². The van der Waals surface area contributed by atoms with Crippen LogP contribution in [0.15, 0.2) is 72.9 Å². The minimum Gasteiger partial charge on any atom is -0.462 e. The summed E-state index contributed by atoms with van der Waals surface area (Å²) in [6.45, 7) is 4.74. The van der Waals surface area contributed by atoms with Crippen LogP contribution >= 0.6 is 15.6 Å². The van der Waals surface area contributed by atoms with E-state index in [2.05, 4.69) is 101 Å². The fourth-order valence-electron chi connectivity index (χ4n) is 10.7. The van der Waals surface area contributed by atoms with Gasteiger partial charge < -0.3 is 33.8 Å². The molecule has 19 heteroatoms. The number of carbonyl (C=O) groups is 4. The van der Waals surface area contributed by atoms with Crippen molar-refractivity contribution >= 4 is 39.5 Å². The second-order valence-electron chi connectivity index (χ2n) is 26.3. The minimum absolute atomic E-state index is 0.0789. The van der Waals surface area contributed by atoms with Crippen LogP contribution in [0.25, 0.3) is 0 Å². The Morgan fingerprint density at radius 1 is 0.296 bits per heavy atom. The van der Waals surface area contributed by atoms with Crippen LogP contribution in [0.5, 0.6) is 0 Å². The van der Waals surface area contributed by atoms with Crippen LogP contribution in [0.1, 0.15) is 349 Å². The molecule has 3 N–H and O–H groups in total. The highest BCUT2D eigenvalue weighted by Gasteiger charge is 2.30. The first kappa shape index (κ1) is 94.5. The molecule has 0 amide bonds. The van der Waals surface area contributed by atoms with Gasteiger partial charge in [0, 0.05) is 25.7 Å². The molecule has 5 atom stereocenters. The van der Waals surface area contributed by atoms with Crippen molar-refractivity contribution in [1.29, 1.82) is 0 Å². The molecule has 0 saturated carbocycles. The van der Waals surface area contributed by atoms with Gasteiger partial charge in [-0.3, -0.25) is 37.3 Å². The van der Waals surface area contributed by atoms with Crippen molar-refractivity contribution in [3.63, 3.8) is 0 Å². The molecule has 0 aromatic heterocycles.